The Bertz CT molecular complexity index is 454. The molecule has 0 fully saturated rings. The molecule has 0 spiro atoms. The van der Waals surface area contributed by atoms with Crippen molar-refractivity contribution in [1.82, 2.24) is 0 Å². The van der Waals surface area contributed by atoms with Gasteiger partial charge in [-0.25, -0.2) is 0 Å². The van der Waals surface area contributed by atoms with Crippen molar-refractivity contribution in [3.63, 3.8) is 0 Å². The maximum atomic E-state index is 5.99. The van der Waals surface area contributed by atoms with Crippen LogP contribution in [0, 0.1) is 0 Å². The Morgan fingerprint density at radius 2 is 2.33 bits per heavy atom. The zero-order chi connectivity index (χ0) is 10.8. The zero-order valence-electron chi connectivity index (χ0n) is 7.74. The van der Waals surface area contributed by atoms with Gasteiger partial charge >= 0.3 is 0 Å². The van der Waals surface area contributed by atoms with Crippen LogP contribution in [0.2, 0.25) is 5.22 Å². The maximum Gasteiger partial charge on any atom is 0.193 e. The van der Waals surface area contributed by atoms with Gasteiger partial charge in [-0.1, -0.05) is 0 Å². The van der Waals surface area contributed by atoms with Crippen molar-refractivity contribution in [2.75, 3.05) is 0 Å². The average Bonchev–Trinajstić information content (AvgIpc) is 2.75. The van der Waals surface area contributed by atoms with Gasteiger partial charge in [0.15, 0.2) is 5.22 Å². The van der Waals surface area contributed by atoms with Crippen LogP contribution < -0.4 is 5.73 Å². The Balaban J connectivity index is 2.06. The first-order valence-electron chi connectivity index (χ1n) is 4.39. The predicted molar refractivity (Wildman–Crippen MR) is 66.4 cm³/mol. The van der Waals surface area contributed by atoms with Crippen molar-refractivity contribution in [3.8, 4) is 0 Å². The molecule has 0 amide bonds. The second-order valence-electron chi connectivity index (χ2n) is 3.18. The van der Waals surface area contributed by atoms with Gasteiger partial charge in [0.25, 0.3) is 0 Å². The summed E-state index contributed by atoms with van der Waals surface area (Å²) in [5.41, 5.74) is 5.99. The van der Waals surface area contributed by atoms with Gasteiger partial charge in [-0.3, -0.25) is 0 Å². The predicted octanol–water partition coefficient (Wildman–Crippen LogP) is 4.00. The summed E-state index contributed by atoms with van der Waals surface area (Å²) >= 11 is 10.8. The van der Waals surface area contributed by atoms with E-state index in [0.717, 1.165) is 16.7 Å². The zero-order valence-corrected chi connectivity index (χ0v) is 10.9. The fourth-order valence-electron chi connectivity index (χ4n) is 1.31. The number of rotatable bonds is 3. The minimum absolute atomic E-state index is 0.136. The van der Waals surface area contributed by atoms with E-state index in [0.29, 0.717) is 5.22 Å². The summed E-state index contributed by atoms with van der Waals surface area (Å²) in [6.45, 7) is 0. The minimum atomic E-state index is -0.136. The number of hydrogen-bond acceptors (Lipinski definition) is 3. The molecular weight excluding hydrogens is 298 g/mol. The highest BCUT2D eigenvalue weighted by Gasteiger charge is 2.12. The molecule has 2 rings (SSSR count). The van der Waals surface area contributed by atoms with Gasteiger partial charge in [0.1, 0.15) is 5.76 Å². The summed E-state index contributed by atoms with van der Waals surface area (Å²) in [4.78, 5) is 1.22. The quantitative estimate of drug-likeness (QED) is 0.931. The Labute approximate surface area is 105 Å². The molecule has 0 aliphatic rings. The van der Waals surface area contributed by atoms with E-state index < -0.39 is 0 Å². The smallest absolute Gasteiger partial charge is 0.193 e. The first kappa shape index (κ1) is 11.2. The Hall–Kier alpha value is -0.290. The van der Waals surface area contributed by atoms with Crippen LogP contribution in [-0.2, 0) is 6.42 Å². The summed E-state index contributed by atoms with van der Waals surface area (Å²) in [5.74, 6) is 0.726. The van der Waals surface area contributed by atoms with Gasteiger partial charge < -0.3 is 10.2 Å². The van der Waals surface area contributed by atoms with Crippen LogP contribution in [0.3, 0.4) is 0 Å². The molecule has 0 radical (unpaired) electrons. The summed E-state index contributed by atoms with van der Waals surface area (Å²) in [7, 11) is 0. The third-order valence-corrected chi connectivity index (χ3v) is 3.93. The largest absolute Gasteiger partial charge is 0.448 e. The maximum absolute atomic E-state index is 5.99. The summed E-state index contributed by atoms with van der Waals surface area (Å²) in [6, 6.07) is 5.45. The molecule has 0 aliphatic heterocycles. The minimum Gasteiger partial charge on any atom is -0.448 e. The number of nitrogens with two attached hydrogens (primary N) is 1. The standard InChI is InChI=1S/C10H9BrClNOS/c11-6-3-7(15-5-6)4-8(13)9-1-2-10(12)14-9/h1-3,5,8H,4,13H2. The van der Waals surface area contributed by atoms with E-state index in [1.54, 1.807) is 17.4 Å². The van der Waals surface area contributed by atoms with Gasteiger partial charge in [0.2, 0.25) is 0 Å². The Kier molecular flexibility index (Phi) is 3.51. The van der Waals surface area contributed by atoms with E-state index in [4.69, 9.17) is 21.8 Å². The second-order valence-corrected chi connectivity index (χ2v) is 5.47. The van der Waals surface area contributed by atoms with Gasteiger partial charge in [0.05, 0.1) is 6.04 Å². The average molecular weight is 307 g/mol. The first-order chi connectivity index (χ1) is 7.15. The van der Waals surface area contributed by atoms with E-state index in [1.807, 2.05) is 11.4 Å². The second kappa shape index (κ2) is 4.70. The van der Waals surface area contributed by atoms with E-state index >= 15 is 0 Å². The van der Waals surface area contributed by atoms with Crippen LogP contribution in [0.5, 0.6) is 0 Å². The molecular formula is C10H9BrClNOS. The molecule has 15 heavy (non-hydrogen) atoms. The van der Waals surface area contributed by atoms with Gasteiger partial charge in [-0.2, -0.15) is 0 Å². The number of furan rings is 1. The third kappa shape index (κ3) is 2.84. The van der Waals surface area contributed by atoms with Crippen LogP contribution in [0.4, 0.5) is 0 Å². The highest BCUT2D eigenvalue weighted by molar-refractivity contribution is 9.10. The molecule has 5 heteroatoms. The number of hydrogen-bond donors (Lipinski definition) is 1. The fraction of sp³-hybridized carbons (Fsp3) is 0.200. The fourth-order valence-corrected chi connectivity index (χ4v) is 2.97. The van der Waals surface area contributed by atoms with Gasteiger partial charge in [0, 0.05) is 21.2 Å². The molecule has 2 aromatic rings. The van der Waals surface area contributed by atoms with Gasteiger partial charge in [-0.05, 0) is 45.7 Å². The number of thiophene rings is 1. The SMILES string of the molecule is NC(Cc1cc(Br)cs1)c1ccc(Cl)o1. The monoisotopic (exact) mass is 305 g/mol. The lowest BCUT2D eigenvalue weighted by atomic mass is 10.1. The van der Waals surface area contributed by atoms with Crippen LogP contribution >= 0.6 is 38.9 Å². The van der Waals surface area contributed by atoms with E-state index in [9.17, 15) is 0 Å². The van der Waals surface area contributed by atoms with Crippen LogP contribution in [-0.4, -0.2) is 0 Å². The molecule has 0 aliphatic carbocycles. The molecule has 2 heterocycles. The molecule has 80 valence electrons. The lowest BCUT2D eigenvalue weighted by Gasteiger charge is -2.05. The van der Waals surface area contributed by atoms with Gasteiger partial charge in [-0.15, -0.1) is 11.3 Å². The lowest BCUT2D eigenvalue weighted by molar-refractivity contribution is 0.467. The van der Waals surface area contributed by atoms with E-state index in [2.05, 4.69) is 22.0 Å². The molecule has 0 bridgehead atoms. The van der Waals surface area contributed by atoms with Crippen molar-refractivity contribution in [2.24, 2.45) is 5.73 Å². The molecule has 0 aromatic carbocycles. The summed E-state index contributed by atoms with van der Waals surface area (Å²) in [5, 5.41) is 2.42. The van der Waals surface area contributed by atoms with Crippen LogP contribution in [0.1, 0.15) is 16.7 Å². The van der Waals surface area contributed by atoms with Crippen LogP contribution in [0.25, 0.3) is 0 Å². The molecule has 2 nitrogen and oxygen atoms in total. The third-order valence-electron chi connectivity index (χ3n) is 2.00. The number of halogens is 2. The van der Waals surface area contributed by atoms with Crippen LogP contribution in [0.15, 0.2) is 32.5 Å². The van der Waals surface area contributed by atoms with Crippen molar-refractivity contribution in [1.29, 1.82) is 0 Å². The summed E-state index contributed by atoms with van der Waals surface area (Å²) < 4.78 is 6.35. The molecule has 2 N–H and O–H groups in total. The Morgan fingerprint density at radius 1 is 1.53 bits per heavy atom. The molecule has 2 aromatic heterocycles. The first-order valence-corrected chi connectivity index (χ1v) is 6.44. The van der Waals surface area contributed by atoms with E-state index in [-0.39, 0.29) is 6.04 Å². The molecule has 0 saturated heterocycles. The Morgan fingerprint density at radius 3 is 2.87 bits per heavy atom. The topological polar surface area (TPSA) is 39.2 Å². The molecule has 1 unspecified atom stereocenters. The molecule has 0 saturated carbocycles. The highest BCUT2D eigenvalue weighted by Crippen LogP contribution is 2.26. The van der Waals surface area contributed by atoms with E-state index in [1.165, 1.54) is 4.88 Å². The molecule has 1 atom stereocenters. The lowest BCUT2D eigenvalue weighted by Crippen LogP contribution is -2.11. The normalized spacial score (nSPS) is 13.0. The van der Waals surface area contributed by atoms with Crippen molar-refractivity contribution in [3.05, 3.63) is 43.9 Å². The highest BCUT2D eigenvalue weighted by atomic mass is 79.9. The van der Waals surface area contributed by atoms with Crippen molar-refractivity contribution < 1.29 is 4.42 Å². The van der Waals surface area contributed by atoms with Crippen molar-refractivity contribution >= 4 is 38.9 Å². The van der Waals surface area contributed by atoms with Crippen molar-refractivity contribution in [2.45, 2.75) is 12.5 Å². The summed E-state index contributed by atoms with van der Waals surface area (Å²) in [6.07, 6.45) is 0.764.